The first-order chi connectivity index (χ1) is 12.3. The number of aromatic nitrogens is 3. The van der Waals surface area contributed by atoms with E-state index < -0.39 is 0 Å². The molecule has 0 spiro atoms. The molecule has 0 aliphatic carbocycles. The van der Waals surface area contributed by atoms with Gasteiger partial charge in [0.1, 0.15) is 4.83 Å². The Morgan fingerprint density at radius 3 is 2.58 bits per heavy atom. The van der Waals surface area contributed by atoms with E-state index in [9.17, 15) is 4.79 Å². The van der Waals surface area contributed by atoms with Gasteiger partial charge in [-0.1, -0.05) is 24.3 Å². The quantitative estimate of drug-likeness (QED) is 0.476. The van der Waals surface area contributed by atoms with Crippen molar-refractivity contribution in [1.29, 1.82) is 0 Å². The molecule has 0 aliphatic rings. The number of amides is 1. The second-order valence-corrected chi connectivity index (χ2v) is 6.50. The predicted octanol–water partition coefficient (Wildman–Crippen LogP) is 4.78. The summed E-state index contributed by atoms with van der Waals surface area (Å²) >= 11 is 1.58. The van der Waals surface area contributed by atoms with Crippen LogP contribution in [-0.4, -0.2) is 21.4 Å². The third-order valence-corrected chi connectivity index (χ3v) is 5.21. The first kappa shape index (κ1) is 18.0. The molecule has 4 aromatic rings. The molecule has 0 N–H and O–H groups in total. The third-order valence-electron chi connectivity index (χ3n) is 3.96. The summed E-state index contributed by atoms with van der Waals surface area (Å²) in [5, 5.41) is 0.992. The summed E-state index contributed by atoms with van der Waals surface area (Å²) in [7, 11) is 0. The maximum atomic E-state index is 11.6. The smallest absolute Gasteiger partial charge is 0.238 e. The molecule has 0 saturated heterocycles. The van der Waals surface area contributed by atoms with Crippen molar-refractivity contribution in [3.05, 3.63) is 66.6 Å². The Morgan fingerprint density at radius 2 is 1.88 bits per heavy atom. The van der Waals surface area contributed by atoms with Crippen LogP contribution in [0.2, 0.25) is 0 Å². The van der Waals surface area contributed by atoms with Crippen molar-refractivity contribution in [1.82, 2.24) is 15.0 Å². The minimum absolute atomic E-state index is 0. The van der Waals surface area contributed by atoms with Crippen LogP contribution in [0.25, 0.3) is 20.7 Å². The zero-order valence-corrected chi connectivity index (χ0v) is 15.5. The Balaban J connectivity index is 0.00000196. The Labute approximate surface area is 160 Å². The standard InChI is InChI=1S/C19H14N4OS.ClH/c1-13-16-11-21-19(23(12-24)15-7-3-2-4-8-15)22-18(16)25-17(13)14-6-5-9-20-10-14;/h2-12H,1H3;1H. The molecule has 0 unspecified atom stereocenters. The fraction of sp³-hybridized carbons (Fsp3) is 0.0526. The van der Waals surface area contributed by atoms with Crippen LogP contribution in [0.3, 0.4) is 0 Å². The van der Waals surface area contributed by atoms with Crippen molar-refractivity contribution in [2.75, 3.05) is 4.90 Å². The number of carbonyl (C=O) groups is 1. The molecule has 0 radical (unpaired) electrons. The molecule has 7 heteroatoms. The van der Waals surface area contributed by atoms with E-state index in [0.29, 0.717) is 5.95 Å². The highest BCUT2D eigenvalue weighted by molar-refractivity contribution is 7.22. The minimum Gasteiger partial charge on any atom is -0.278 e. The summed E-state index contributed by atoms with van der Waals surface area (Å²) in [6.07, 6.45) is 6.11. The summed E-state index contributed by atoms with van der Waals surface area (Å²) in [4.78, 5) is 28.2. The van der Waals surface area contributed by atoms with Crippen LogP contribution in [-0.2, 0) is 4.79 Å². The summed E-state index contributed by atoms with van der Waals surface area (Å²) in [5.41, 5.74) is 2.91. The van der Waals surface area contributed by atoms with Gasteiger partial charge in [-0.15, -0.1) is 23.7 Å². The number of pyridine rings is 1. The number of anilines is 2. The second-order valence-electron chi connectivity index (χ2n) is 5.50. The van der Waals surface area contributed by atoms with E-state index in [1.165, 1.54) is 4.90 Å². The third kappa shape index (κ3) is 3.16. The summed E-state index contributed by atoms with van der Waals surface area (Å²) in [5.74, 6) is 0.368. The normalized spacial score (nSPS) is 10.3. The van der Waals surface area contributed by atoms with Crippen molar-refractivity contribution in [3.63, 3.8) is 0 Å². The summed E-state index contributed by atoms with van der Waals surface area (Å²) < 4.78 is 0. The number of thiophene rings is 1. The molecule has 26 heavy (non-hydrogen) atoms. The van der Waals surface area contributed by atoms with E-state index in [2.05, 4.69) is 21.9 Å². The Hall–Kier alpha value is -2.83. The number of halogens is 1. The van der Waals surface area contributed by atoms with Gasteiger partial charge in [0, 0.05) is 34.4 Å². The highest BCUT2D eigenvalue weighted by atomic mass is 35.5. The minimum atomic E-state index is 0. The van der Waals surface area contributed by atoms with Gasteiger partial charge < -0.3 is 0 Å². The topological polar surface area (TPSA) is 59.0 Å². The van der Waals surface area contributed by atoms with Crippen molar-refractivity contribution in [2.24, 2.45) is 0 Å². The van der Waals surface area contributed by atoms with Crippen LogP contribution in [0.4, 0.5) is 11.6 Å². The van der Waals surface area contributed by atoms with E-state index >= 15 is 0 Å². The van der Waals surface area contributed by atoms with Gasteiger partial charge in [-0.05, 0) is 30.7 Å². The van der Waals surface area contributed by atoms with Gasteiger partial charge in [0.15, 0.2) is 0 Å². The predicted molar refractivity (Wildman–Crippen MR) is 107 cm³/mol. The van der Waals surface area contributed by atoms with Crippen molar-refractivity contribution >= 4 is 52.0 Å². The van der Waals surface area contributed by atoms with E-state index in [1.54, 1.807) is 23.7 Å². The van der Waals surface area contributed by atoms with Gasteiger partial charge in [0.05, 0.1) is 5.69 Å². The molecule has 3 heterocycles. The van der Waals surface area contributed by atoms with E-state index in [-0.39, 0.29) is 12.4 Å². The maximum absolute atomic E-state index is 11.6. The number of rotatable bonds is 4. The molecule has 0 bridgehead atoms. The van der Waals surface area contributed by atoms with Crippen LogP contribution in [0.1, 0.15) is 5.56 Å². The molecule has 130 valence electrons. The van der Waals surface area contributed by atoms with Gasteiger partial charge in [0.25, 0.3) is 0 Å². The molecule has 4 rings (SSSR count). The van der Waals surface area contributed by atoms with Gasteiger partial charge in [-0.2, -0.15) is 0 Å². The fourth-order valence-electron chi connectivity index (χ4n) is 2.69. The molecule has 1 amide bonds. The largest absolute Gasteiger partial charge is 0.278 e. The van der Waals surface area contributed by atoms with Crippen LogP contribution < -0.4 is 4.90 Å². The van der Waals surface area contributed by atoms with Crippen molar-refractivity contribution < 1.29 is 4.79 Å². The number of nitrogens with zero attached hydrogens (tertiary/aromatic N) is 4. The fourth-order valence-corrected chi connectivity index (χ4v) is 3.83. The average molecular weight is 383 g/mol. The van der Waals surface area contributed by atoms with Crippen LogP contribution >= 0.6 is 23.7 Å². The number of benzene rings is 1. The number of carbonyl (C=O) groups excluding carboxylic acids is 1. The number of hydrogen-bond donors (Lipinski definition) is 0. The number of hydrogen-bond acceptors (Lipinski definition) is 5. The van der Waals surface area contributed by atoms with Gasteiger partial charge in [-0.25, -0.2) is 9.97 Å². The number of aryl methyl sites for hydroxylation is 1. The van der Waals surface area contributed by atoms with E-state index in [0.717, 1.165) is 38.3 Å². The Kier molecular flexibility index (Phi) is 5.25. The molecular formula is C19H15ClN4OS. The van der Waals surface area contributed by atoms with Crippen LogP contribution in [0.15, 0.2) is 61.1 Å². The van der Waals surface area contributed by atoms with Gasteiger partial charge in [0.2, 0.25) is 12.4 Å². The lowest BCUT2D eigenvalue weighted by atomic mass is 10.1. The van der Waals surface area contributed by atoms with Crippen LogP contribution in [0, 0.1) is 6.92 Å². The number of fused-ring (bicyclic) bond motifs is 1. The molecule has 1 aromatic carbocycles. The van der Waals surface area contributed by atoms with E-state index in [1.807, 2.05) is 48.7 Å². The zero-order chi connectivity index (χ0) is 17.2. The Bertz CT molecular complexity index is 1040. The molecule has 0 aliphatic heterocycles. The lowest BCUT2D eigenvalue weighted by Crippen LogP contribution is -2.16. The number of para-hydroxylation sites is 1. The van der Waals surface area contributed by atoms with Crippen LogP contribution in [0.5, 0.6) is 0 Å². The van der Waals surface area contributed by atoms with Gasteiger partial charge in [-0.3, -0.25) is 14.7 Å². The lowest BCUT2D eigenvalue weighted by molar-refractivity contribution is -0.106. The SMILES string of the molecule is Cc1c(-c2cccnc2)sc2nc(N(C=O)c3ccccc3)ncc12.Cl. The lowest BCUT2D eigenvalue weighted by Gasteiger charge is -2.14. The molecule has 5 nitrogen and oxygen atoms in total. The molecule has 0 atom stereocenters. The maximum Gasteiger partial charge on any atom is 0.238 e. The average Bonchev–Trinajstić information content (AvgIpc) is 3.00. The highest BCUT2D eigenvalue weighted by Crippen LogP contribution is 2.37. The highest BCUT2D eigenvalue weighted by Gasteiger charge is 2.16. The van der Waals surface area contributed by atoms with E-state index in [4.69, 9.17) is 0 Å². The monoisotopic (exact) mass is 382 g/mol. The first-order valence-electron chi connectivity index (χ1n) is 7.74. The first-order valence-corrected chi connectivity index (χ1v) is 8.55. The molecular weight excluding hydrogens is 368 g/mol. The molecule has 0 fully saturated rings. The molecule has 0 saturated carbocycles. The summed E-state index contributed by atoms with van der Waals surface area (Å²) in [6, 6.07) is 13.3. The van der Waals surface area contributed by atoms with Crippen molar-refractivity contribution in [2.45, 2.75) is 6.92 Å². The molecule has 3 aromatic heterocycles. The zero-order valence-electron chi connectivity index (χ0n) is 13.9. The van der Waals surface area contributed by atoms with Gasteiger partial charge >= 0.3 is 0 Å². The summed E-state index contributed by atoms with van der Waals surface area (Å²) in [6.45, 7) is 2.05. The van der Waals surface area contributed by atoms with Crippen molar-refractivity contribution in [3.8, 4) is 10.4 Å². The second kappa shape index (κ2) is 7.59. The Morgan fingerprint density at radius 1 is 1.08 bits per heavy atom.